The topological polar surface area (TPSA) is 58.8 Å². The zero-order valence-electron chi connectivity index (χ0n) is 18.9. The minimum atomic E-state index is 0.237. The molecule has 2 heterocycles. The summed E-state index contributed by atoms with van der Waals surface area (Å²) >= 11 is 0. The van der Waals surface area contributed by atoms with E-state index in [0.717, 1.165) is 68.3 Å². The minimum Gasteiger partial charge on any atom is -0.497 e. The third kappa shape index (κ3) is 5.56. The first-order valence-corrected chi connectivity index (χ1v) is 11.3. The van der Waals surface area contributed by atoms with Crippen LogP contribution in [-0.4, -0.2) is 54.0 Å². The highest BCUT2D eigenvalue weighted by Gasteiger charge is 2.21. The van der Waals surface area contributed by atoms with Gasteiger partial charge in [0.1, 0.15) is 11.5 Å². The average molecular weight is 434 g/mol. The third-order valence-corrected chi connectivity index (χ3v) is 6.01. The van der Waals surface area contributed by atoms with Crippen molar-refractivity contribution in [2.45, 2.75) is 32.7 Å². The van der Waals surface area contributed by atoms with Gasteiger partial charge in [0, 0.05) is 44.7 Å². The number of aromatic nitrogens is 1. The predicted octanol–water partition coefficient (Wildman–Crippen LogP) is 4.33. The molecular formula is C26H31N3O3. The summed E-state index contributed by atoms with van der Waals surface area (Å²) in [6, 6.07) is 18.2. The van der Waals surface area contributed by atoms with Crippen LogP contribution in [0.2, 0.25) is 0 Å². The number of nitrogens with zero attached hydrogens (tertiary/aromatic N) is 3. The molecule has 4 rings (SSSR count). The summed E-state index contributed by atoms with van der Waals surface area (Å²) in [5.41, 5.74) is 3.17. The Balaban J connectivity index is 1.22. The van der Waals surface area contributed by atoms with Crippen molar-refractivity contribution in [3.05, 3.63) is 71.6 Å². The predicted molar refractivity (Wildman–Crippen MR) is 124 cm³/mol. The summed E-state index contributed by atoms with van der Waals surface area (Å²) in [6.07, 6.45) is 2.06. The second-order valence-corrected chi connectivity index (χ2v) is 8.25. The zero-order chi connectivity index (χ0) is 22.3. The molecule has 2 aromatic carbocycles. The van der Waals surface area contributed by atoms with Gasteiger partial charge in [-0.2, -0.15) is 0 Å². The first-order chi connectivity index (χ1) is 15.6. The molecule has 168 valence electrons. The number of aryl methyl sites for hydroxylation is 2. The van der Waals surface area contributed by atoms with Crippen LogP contribution in [-0.2, 0) is 17.8 Å². The highest BCUT2D eigenvalue weighted by atomic mass is 16.5. The van der Waals surface area contributed by atoms with Gasteiger partial charge in [-0.3, -0.25) is 9.69 Å². The van der Waals surface area contributed by atoms with E-state index in [4.69, 9.17) is 9.15 Å². The zero-order valence-corrected chi connectivity index (χ0v) is 18.9. The molecule has 1 saturated heterocycles. The number of carbonyl (C=O) groups is 1. The van der Waals surface area contributed by atoms with Crippen LogP contribution in [0.4, 0.5) is 0 Å². The molecular weight excluding hydrogens is 402 g/mol. The maximum Gasteiger partial charge on any atom is 0.226 e. The van der Waals surface area contributed by atoms with E-state index in [1.807, 2.05) is 42.2 Å². The van der Waals surface area contributed by atoms with E-state index >= 15 is 0 Å². The first kappa shape index (κ1) is 22.1. The second-order valence-electron chi connectivity index (χ2n) is 8.25. The van der Waals surface area contributed by atoms with Gasteiger partial charge in [0.2, 0.25) is 11.8 Å². The summed E-state index contributed by atoms with van der Waals surface area (Å²) in [6.45, 7) is 6.34. The molecule has 1 fully saturated rings. The molecule has 0 atom stereocenters. The maximum atomic E-state index is 12.7. The largest absolute Gasteiger partial charge is 0.497 e. The molecule has 0 bridgehead atoms. The quantitative estimate of drug-likeness (QED) is 0.529. The molecule has 0 aliphatic carbocycles. The molecule has 32 heavy (non-hydrogen) atoms. The van der Waals surface area contributed by atoms with E-state index in [2.05, 4.69) is 34.1 Å². The molecule has 1 aromatic heterocycles. The van der Waals surface area contributed by atoms with Crippen LogP contribution in [0, 0.1) is 6.92 Å². The standard InChI is InChI=1S/C26H31N3O3/c1-20-24(27-26(32-20)22-11-13-23(31-2)14-12-22)9-6-10-25(30)29-17-15-28(16-18-29)19-21-7-4-3-5-8-21/h3-5,7-8,11-14H,6,9-10,15-19H2,1-2H3. The van der Waals surface area contributed by atoms with Crippen LogP contribution in [0.5, 0.6) is 5.75 Å². The van der Waals surface area contributed by atoms with Gasteiger partial charge in [0.05, 0.1) is 12.8 Å². The number of hydrogen-bond donors (Lipinski definition) is 0. The highest BCUT2D eigenvalue weighted by Crippen LogP contribution is 2.25. The Hall–Kier alpha value is -3.12. The van der Waals surface area contributed by atoms with Gasteiger partial charge >= 0.3 is 0 Å². The molecule has 0 radical (unpaired) electrons. The van der Waals surface area contributed by atoms with Crippen LogP contribution >= 0.6 is 0 Å². The summed E-state index contributed by atoms with van der Waals surface area (Å²) in [7, 11) is 1.65. The van der Waals surface area contributed by atoms with Crippen molar-refractivity contribution in [1.82, 2.24) is 14.8 Å². The van der Waals surface area contributed by atoms with Crippen LogP contribution in [0.15, 0.2) is 59.0 Å². The van der Waals surface area contributed by atoms with E-state index in [1.165, 1.54) is 5.56 Å². The number of piperazine rings is 1. The summed E-state index contributed by atoms with van der Waals surface area (Å²) in [5.74, 6) is 2.47. The molecule has 3 aromatic rings. The number of hydrogen-bond acceptors (Lipinski definition) is 5. The van der Waals surface area contributed by atoms with E-state index in [0.29, 0.717) is 12.3 Å². The molecule has 6 nitrogen and oxygen atoms in total. The fraction of sp³-hybridized carbons (Fsp3) is 0.385. The van der Waals surface area contributed by atoms with E-state index in [1.54, 1.807) is 7.11 Å². The SMILES string of the molecule is COc1ccc(-c2nc(CCCC(=O)N3CCN(Cc4ccccc4)CC3)c(C)o2)cc1. The first-order valence-electron chi connectivity index (χ1n) is 11.3. The van der Waals surface area contributed by atoms with Gasteiger partial charge in [-0.25, -0.2) is 4.98 Å². The van der Waals surface area contributed by atoms with Crippen LogP contribution in [0.3, 0.4) is 0 Å². The number of oxazole rings is 1. The Morgan fingerprint density at radius 3 is 2.44 bits per heavy atom. The number of amides is 1. The fourth-order valence-corrected chi connectivity index (χ4v) is 4.08. The van der Waals surface area contributed by atoms with Crippen LogP contribution in [0.1, 0.15) is 29.9 Å². The molecule has 0 spiro atoms. The number of methoxy groups -OCH3 is 1. The Labute approximate surface area is 189 Å². The van der Waals surface area contributed by atoms with Crippen molar-refractivity contribution in [3.63, 3.8) is 0 Å². The average Bonchev–Trinajstić information content (AvgIpc) is 3.20. The molecule has 1 amide bonds. The van der Waals surface area contributed by atoms with Gasteiger partial charge in [-0.05, 0) is 49.6 Å². The van der Waals surface area contributed by atoms with E-state index in [9.17, 15) is 4.79 Å². The number of carbonyl (C=O) groups excluding carboxylic acids is 1. The summed E-state index contributed by atoms with van der Waals surface area (Å²) in [4.78, 5) is 21.7. The maximum absolute atomic E-state index is 12.7. The molecule has 1 aliphatic heterocycles. The minimum absolute atomic E-state index is 0.237. The van der Waals surface area contributed by atoms with E-state index in [-0.39, 0.29) is 5.91 Å². The number of rotatable bonds is 8. The Kier molecular flexibility index (Phi) is 7.22. The lowest BCUT2D eigenvalue weighted by Gasteiger charge is -2.34. The van der Waals surface area contributed by atoms with E-state index < -0.39 is 0 Å². The van der Waals surface area contributed by atoms with Crippen LogP contribution in [0.25, 0.3) is 11.5 Å². The lowest BCUT2D eigenvalue weighted by atomic mass is 10.1. The van der Waals surface area contributed by atoms with Crippen molar-refractivity contribution in [2.24, 2.45) is 0 Å². The molecule has 1 aliphatic rings. The second kappa shape index (κ2) is 10.5. The molecule has 0 saturated carbocycles. The van der Waals surface area contributed by atoms with Gasteiger partial charge in [0.15, 0.2) is 0 Å². The smallest absolute Gasteiger partial charge is 0.226 e. The molecule has 0 unspecified atom stereocenters. The third-order valence-electron chi connectivity index (χ3n) is 6.01. The van der Waals surface area contributed by atoms with Crippen molar-refractivity contribution >= 4 is 5.91 Å². The highest BCUT2D eigenvalue weighted by molar-refractivity contribution is 5.76. The Morgan fingerprint density at radius 1 is 1.03 bits per heavy atom. The van der Waals surface area contributed by atoms with Crippen LogP contribution < -0.4 is 4.74 Å². The van der Waals surface area contributed by atoms with Crippen molar-refractivity contribution in [1.29, 1.82) is 0 Å². The number of benzene rings is 2. The van der Waals surface area contributed by atoms with Gasteiger partial charge in [0.25, 0.3) is 0 Å². The fourth-order valence-electron chi connectivity index (χ4n) is 4.08. The van der Waals surface area contributed by atoms with Gasteiger partial charge in [-0.15, -0.1) is 0 Å². The summed E-state index contributed by atoms with van der Waals surface area (Å²) in [5, 5.41) is 0. The van der Waals surface area contributed by atoms with Crippen molar-refractivity contribution < 1.29 is 13.9 Å². The van der Waals surface area contributed by atoms with Crippen molar-refractivity contribution in [3.8, 4) is 17.2 Å². The number of ether oxygens (including phenoxy) is 1. The van der Waals surface area contributed by atoms with Crippen molar-refractivity contribution in [2.75, 3.05) is 33.3 Å². The lowest BCUT2D eigenvalue weighted by Crippen LogP contribution is -2.48. The monoisotopic (exact) mass is 433 g/mol. The summed E-state index contributed by atoms with van der Waals surface area (Å²) < 4.78 is 11.1. The van der Waals surface area contributed by atoms with Gasteiger partial charge < -0.3 is 14.1 Å². The van der Waals surface area contributed by atoms with Gasteiger partial charge in [-0.1, -0.05) is 30.3 Å². The molecule has 6 heteroatoms. The normalized spacial score (nSPS) is 14.5. The Bertz CT molecular complexity index is 1010. The Morgan fingerprint density at radius 2 is 1.75 bits per heavy atom. The lowest BCUT2D eigenvalue weighted by molar-refractivity contribution is -0.133. The molecule has 0 N–H and O–H groups in total.